The molecule has 1 aromatic heterocycles. The molecule has 0 spiro atoms. The first-order chi connectivity index (χ1) is 10.0. The van der Waals surface area contributed by atoms with Crippen LogP contribution >= 0.6 is 0 Å². The Hall–Kier alpha value is -2.50. The Morgan fingerprint density at radius 1 is 1.43 bits per heavy atom. The molecule has 110 valence electrons. The number of aryl methyl sites for hydroxylation is 2. The van der Waals surface area contributed by atoms with E-state index in [0.29, 0.717) is 11.6 Å². The summed E-state index contributed by atoms with van der Waals surface area (Å²) >= 11 is 0. The van der Waals surface area contributed by atoms with E-state index in [-0.39, 0.29) is 5.84 Å². The Balaban J connectivity index is 2.22. The van der Waals surface area contributed by atoms with Gasteiger partial charge in [-0.1, -0.05) is 23.4 Å². The second kappa shape index (κ2) is 4.80. The number of hydrogen-bond acceptors (Lipinski definition) is 4. The number of rotatable bonds is 2. The van der Waals surface area contributed by atoms with Gasteiger partial charge in [0.25, 0.3) is 0 Å². The number of fused-ring (bicyclic) bond motifs is 1. The molecule has 1 aliphatic rings. The molecule has 2 heterocycles. The van der Waals surface area contributed by atoms with Gasteiger partial charge in [0.15, 0.2) is 5.84 Å². The molecule has 1 aliphatic heterocycles. The van der Waals surface area contributed by atoms with E-state index in [1.165, 1.54) is 5.56 Å². The SMILES string of the molecule is Cc1nn(C)c(N2c3ccccc3CC2C)c1C(N)=NO. The Bertz CT molecular complexity index is 719. The fraction of sp³-hybridized carbons (Fsp3) is 0.333. The van der Waals surface area contributed by atoms with Crippen molar-refractivity contribution in [1.29, 1.82) is 0 Å². The van der Waals surface area contributed by atoms with Crippen LogP contribution in [0.3, 0.4) is 0 Å². The second-order valence-corrected chi connectivity index (χ2v) is 5.44. The van der Waals surface area contributed by atoms with Crippen LogP contribution in [0.2, 0.25) is 0 Å². The molecule has 1 unspecified atom stereocenters. The van der Waals surface area contributed by atoms with Gasteiger partial charge in [-0.05, 0) is 31.9 Å². The fourth-order valence-electron chi connectivity index (χ4n) is 3.16. The molecule has 0 saturated heterocycles. The Morgan fingerprint density at radius 2 is 2.14 bits per heavy atom. The van der Waals surface area contributed by atoms with Crippen molar-refractivity contribution in [2.24, 2.45) is 17.9 Å². The van der Waals surface area contributed by atoms with Crippen molar-refractivity contribution in [3.8, 4) is 0 Å². The maximum Gasteiger partial charge on any atom is 0.175 e. The van der Waals surface area contributed by atoms with Crippen molar-refractivity contribution in [1.82, 2.24) is 9.78 Å². The lowest BCUT2D eigenvalue weighted by atomic mass is 10.1. The van der Waals surface area contributed by atoms with Crippen molar-refractivity contribution in [3.05, 3.63) is 41.1 Å². The molecular weight excluding hydrogens is 266 g/mol. The molecule has 21 heavy (non-hydrogen) atoms. The molecule has 1 aromatic carbocycles. The summed E-state index contributed by atoms with van der Waals surface area (Å²) in [6.07, 6.45) is 0.968. The average Bonchev–Trinajstić information content (AvgIpc) is 2.93. The van der Waals surface area contributed by atoms with Crippen LogP contribution in [0.5, 0.6) is 0 Å². The monoisotopic (exact) mass is 285 g/mol. The quantitative estimate of drug-likeness (QED) is 0.382. The third kappa shape index (κ3) is 1.94. The summed E-state index contributed by atoms with van der Waals surface area (Å²) < 4.78 is 1.79. The van der Waals surface area contributed by atoms with E-state index in [1.54, 1.807) is 4.68 Å². The first-order valence-electron chi connectivity index (χ1n) is 6.93. The predicted octanol–water partition coefficient (Wildman–Crippen LogP) is 1.91. The highest BCUT2D eigenvalue weighted by Crippen LogP contribution is 2.39. The zero-order chi connectivity index (χ0) is 15.1. The molecule has 0 saturated carbocycles. The maximum atomic E-state index is 9.06. The minimum Gasteiger partial charge on any atom is -0.409 e. The molecule has 2 aromatic rings. The van der Waals surface area contributed by atoms with Crippen LogP contribution in [0, 0.1) is 6.92 Å². The molecule has 0 fully saturated rings. The minimum absolute atomic E-state index is 0.0900. The van der Waals surface area contributed by atoms with Gasteiger partial charge < -0.3 is 15.8 Å². The molecule has 6 heteroatoms. The van der Waals surface area contributed by atoms with Crippen molar-refractivity contribution in [3.63, 3.8) is 0 Å². The molecule has 6 nitrogen and oxygen atoms in total. The average molecular weight is 285 g/mol. The molecule has 0 aliphatic carbocycles. The van der Waals surface area contributed by atoms with Crippen LogP contribution in [0.1, 0.15) is 23.7 Å². The molecule has 0 amide bonds. The lowest BCUT2D eigenvalue weighted by Gasteiger charge is -2.26. The summed E-state index contributed by atoms with van der Waals surface area (Å²) in [5.74, 6) is 0.951. The van der Waals surface area contributed by atoms with E-state index in [2.05, 4.69) is 34.2 Å². The highest BCUT2D eigenvalue weighted by molar-refractivity contribution is 6.03. The van der Waals surface area contributed by atoms with Crippen molar-refractivity contribution >= 4 is 17.3 Å². The van der Waals surface area contributed by atoms with E-state index in [4.69, 9.17) is 10.9 Å². The number of nitrogens with two attached hydrogens (primary N) is 1. The molecule has 1 atom stereocenters. The summed E-state index contributed by atoms with van der Waals surface area (Å²) in [5, 5.41) is 16.7. The van der Waals surface area contributed by atoms with Gasteiger partial charge in [0, 0.05) is 18.8 Å². The first-order valence-corrected chi connectivity index (χ1v) is 6.93. The van der Waals surface area contributed by atoms with E-state index in [9.17, 15) is 0 Å². The van der Waals surface area contributed by atoms with Gasteiger partial charge in [0.2, 0.25) is 0 Å². The summed E-state index contributed by atoms with van der Waals surface area (Å²) in [6.45, 7) is 4.03. The molecule has 0 bridgehead atoms. The Morgan fingerprint density at radius 3 is 2.86 bits per heavy atom. The van der Waals surface area contributed by atoms with E-state index in [0.717, 1.165) is 23.6 Å². The van der Waals surface area contributed by atoms with E-state index < -0.39 is 0 Å². The van der Waals surface area contributed by atoms with Crippen molar-refractivity contribution in [2.75, 3.05) is 4.90 Å². The van der Waals surface area contributed by atoms with Gasteiger partial charge in [0.1, 0.15) is 5.82 Å². The molecular formula is C15H19N5O. The van der Waals surface area contributed by atoms with Gasteiger partial charge in [-0.25, -0.2) is 0 Å². The van der Waals surface area contributed by atoms with Gasteiger partial charge >= 0.3 is 0 Å². The standard InChI is InChI=1S/C15H19N5O/c1-9-8-11-6-4-5-7-12(11)20(9)15-13(14(16)18-21)10(2)17-19(15)3/h4-7,9,21H,8H2,1-3H3,(H2,16,18). The van der Waals surface area contributed by atoms with Crippen LogP contribution in [0.15, 0.2) is 29.4 Å². The predicted molar refractivity (Wildman–Crippen MR) is 82.2 cm³/mol. The topological polar surface area (TPSA) is 79.7 Å². The lowest BCUT2D eigenvalue weighted by Crippen LogP contribution is -2.28. The van der Waals surface area contributed by atoms with E-state index >= 15 is 0 Å². The van der Waals surface area contributed by atoms with Gasteiger partial charge in [-0.15, -0.1) is 0 Å². The Kier molecular flexibility index (Phi) is 3.08. The largest absolute Gasteiger partial charge is 0.409 e. The number of hydrogen-bond donors (Lipinski definition) is 2. The van der Waals surface area contributed by atoms with Crippen LogP contribution < -0.4 is 10.6 Å². The molecule has 0 radical (unpaired) electrons. The normalized spacial score (nSPS) is 18.1. The van der Waals surface area contributed by atoms with Gasteiger partial charge in [-0.2, -0.15) is 5.10 Å². The fourth-order valence-corrected chi connectivity index (χ4v) is 3.16. The summed E-state index contributed by atoms with van der Waals surface area (Å²) in [6, 6.07) is 8.60. The highest BCUT2D eigenvalue weighted by Gasteiger charge is 2.32. The van der Waals surface area contributed by atoms with Crippen molar-refractivity contribution in [2.45, 2.75) is 26.3 Å². The minimum atomic E-state index is 0.0900. The third-order valence-electron chi connectivity index (χ3n) is 3.99. The van der Waals surface area contributed by atoms with Gasteiger partial charge in [-0.3, -0.25) is 4.68 Å². The molecule has 3 N–H and O–H groups in total. The number of benzene rings is 1. The third-order valence-corrected chi connectivity index (χ3v) is 3.99. The second-order valence-electron chi connectivity index (χ2n) is 5.44. The first kappa shape index (κ1) is 13.5. The zero-order valence-corrected chi connectivity index (χ0v) is 12.4. The van der Waals surface area contributed by atoms with Crippen LogP contribution in [0.4, 0.5) is 11.5 Å². The summed E-state index contributed by atoms with van der Waals surface area (Å²) in [7, 11) is 1.88. The summed E-state index contributed by atoms with van der Waals surface area (Å²) in [4.78, 5) is 2.21. The smallest absolute Gasteiger partial charge is 0.175 e. The van der Waals surface area contributed by atoms with Crippen molar-refractivity contribution < 1.29 is 5.21 Å². The number of anilines is 2. The zero-order valence-electron chi connectivity index (χ0n) is 12.4. The summed E-state index contributed by atoms with van der Waals surface area (Å²) in [5.41, 5.74) is 9.75. The van der Waals surface area contributed by atoms with Crippen LogP contribution in [0.25, 0.3) is 0 Å². The highest BCUT2D eigenvalue weighted by atomic mass is 16.4. The number of nitrogens with zero attached hydrogens (tertiary/aromatic N) is 4. The number of aromatic nitrogens is 2. The van der Waals surface area contributed by atoms with E-state index in [1.807, 2.05) is 26.1 Å². The number of oxime groups is 1. The number of amidine groups is 1. The maximum absolute atomic E-state index is 9.06. The van der Waals surface area contributed by atoms with Crippen LogP contribution in [-0.2, 0) is 13.5 Å². The van der Waals surface area contributed by atoms with Crippen LogP contribution in [-0.4, -0.2) is 26.9 Å². The lowest BCUT2D eigenvalue weighted by molar-refractivity contribution is 0.318. The molecule has 3 rings (SSSR count). The number of para-hydroxylation sites is 1. The van der Waals surface area contributed by atoms with Gasteiger partial charge in [0.05, 0.1) is 11.3 Å². The Labute approximate surface area is 123 Å².